The van der Waals surface area contributed by atoms with Gasteiger partial charge in [-0.2, -0.15) is 0 Å². The van der Waals surface area contributed by atoms with Crippen molar-refractivity contribution in [3.8, 4) is 0 Å². The zero-order chi connectivity index (χ0) is 8.67. The smallest absolute Gasteiger partial charge is 0.182 e. The van der Waals surface area contributed by atoms with E-state index in [-0.39, 0.29) is 0 Å². The van der Waals surface area contributed by atoms with Crippen LogP contribution in [0.25, 0.3) is 11.2 Å². The molecule has 3 rings (SSSR count). The van der Waals surface area contributed by atoms with E-state index in [2.05, 4.69) is 25.3 Å². The van der Waals surface area contributed by atoms with Crippen LogP contribution in [0.15, 0.2) is 12.7 Å². The molecule has 0 amide bonds. The van der Waals surface area contributed by atoms with Crippen LogP contribution >= 0.6 is 0 Å². The third-order valence-electron chi connectivity index (χ3n) is 2.14. The summed E-state index contributed by atoms with van der Waals surface area (Å²) in [6.07, 6.45) is 5.64. The molecule has 66 valence electrons. The fourth-order valence-electron chi connectivity index (χ4n) is 1.30. The van der Waals surface area contributed by atoms with Crippen molar-refractivity contribution < 1.29 is 0 Å². The van der Waals surface area contributed by atoms with Gasteiger partial charge in [-0.15, -0.1) is 0 Å². The maximum atomic E-state index is 4.17. The van der Waals surface area contributed by atoms with Crippen LogP contribution in [0.4, 0.5) is 5.82 Å². The number of imidazole rings is 1. The molecule has 5 heteroatoms. The molecule has 0 aromatic carbocycles. The zero-order valence-electron chi connectivity index (χ0n) is 6.99. The molecule has 1 saturated carbocycles. The van der Waals surface area contributed by atoms with Crippen LogP contribution in [-0.2, 0) is 0 Å². The fourth-order valence-corrected chi connectivity index (χ4v) is 1.30. The molecule has 0 bridgehead atoms. The average molecular weight is 175 g/mol. The van der Waals surface area contributed by atoms with Crippen LogP contribution in [-0.4, -0.2) is 26.0 Å². The summed E-state index contributed by atoms with van der Waals surface area (Å²) in [5.41, 5.74) is 1.62. The molecule has 0 atom stereocenters. The lowest BCUT2D eigenvalue weighted by Gasteiger charge is -2.02. The molecule has 2 N–H and O–H groups in total. The molecule has 0 unspecified atom stereocenters. The van der Waals surface area contributed by atoms with Crippen molar-refractivity contribution in [2.75, 3.05) is 5.32 Å². The Morgan fingerprint density at radius 3 is 3.08 bits per heavy atom. The van der Waals surface area contributed by atoms with Crippen molar-refractivity contribution in [3.05, 3.63) is 12.7 Å². The monoisotopic (exact) mass is 175 g/mol. The van der Waals surface area contributed by atoms with Gasteiger partial charge in [-0.3, -0.25) is 0 Å². The molecule has 0 spiro atoms. The highest BCUT2D eigenvalue weighted by molar-refractivity contribution is 5.82. The van der Waals surface area contributed by atoms with Crippen LogP contribution in [0.3, 0.4) is 0 Å². The fraction of sp³-hybridized carbons (Fsp3) is 0.375. The number of aromatic amines is 1. The number of H-pyrrole nitrogens is 1. The van der Waals surface area contributed by atoms with Gasteiger partial charge in [-0.1, -0.05) is 0 Å². The minimum atomic E-state index is 0.599. The summed E-state index contributed by atoms with van der Waals surface area (Å²) in [5.74, 6) is 0.866. The number of aromatic nitrogens is 4. The highest BCUT2D eigenvalue weighted by atomic mass is 15.1. The molecular formula is C8H9N5. The van der Waals surface area contributed by atoms with E-state index >= 15 is 0 Å². The summed E-state index contributed by atoms with van der Waals surface area (Å²) in [5, 5.41) is 3.32. The van der Waals surface area contributed by atoms with Crippen molar-refractivity contribution in [3.63, 3.8) is 0 Å². The van der Waals surface area contributed by atoms with Crippen LogP contribution < -0.4 is 5.32 Å². The van der Waals surface area contributed by atoms with Crippen LogP contribution in [0.2, 0.25) is 0 Å². The van der Waals surface area contributed by atoms with Crippen molar-refractivity contribution in [1.82, 2.24) is 19.9 Å². The van der Waals surface area contributed by atoms with Gasteiger partial charge >= 0.3 is 0 Å². The molecule has 1 aliphatic carbocycles. The number of nitrogens with zero attached hydrogens (tertiary/aromatic N) is 3. The van der Waals surface area contributed by atoms with Gasteiger partial charge in [0.1, 0.15) is 11.8 Å². The topological polar surface area (TPSA) is 66.5 Å². The van der Waals surface area contributed by atoms with E-state index in [4.69, 9.17) is 0 Å². The summed E-state index contributed by atoms with van der Waals surface area (Å²) < 4.78 is 0. The Morgan fingerprint density at radius 2 is 2.23 bits per heavy atom. The van der Waals surface area contributed by atoms with Gasteiger partial charge in [0.2, 0.25) is 0 Å². The van der Waals surface area contributed by atoms with E-state index in [1.165, 1.54) is 19.2 Å². The molecule has 0 aliphatic heterocycles. The molecule has 2 heterocycles. The van der Waals surface area contributed by atoms with Gasteiger partial charge in [-0.05, 0) is 12.8 Å². The number of fused-ring (bicyclic) bond motifs is 1. The Labute approximate surface area is 74.6 Å². The highest BCUT2D eigenvalue weighted by Crippen LogP contribution is 2.25. The van der Waals surface area contributed by atoms with E-state index < -0.39 is 0 Å². The molecule has 5 nitrogen and oxygen atoms in total. The lowest BCUT2D eigenvalue weighted by Crippen LogP contribution is -2.03. The maximum Gasteiger partial charge on any atom is 0.182 e. The quantitative estimate of drug-likeness (QED) is 0.712. The van der Waals surface area contributed by atoms with Gasteiger partial charge in [0.05, 0.1) is 6.33 Å². The third kappa shape index (κ3) is 1.12. The predicted molar refractivity (Wildman–Crippen MR) is 48.3 cm³/mol. The Kier molecular flexibility index (Phi) is 1.27. The van der Waals surface area contributed by atoms with Crippen molar-refractivity contribution in [2.24, 2.45) is 0 Å². The molecule has 0 saturated heterocycles. The Balaban J connectivity index is 2.09. The number of rotatable bonds is 2. The second-order valence-corrected chi connectivity index (χ2v) is 3.24. The minimum absolute atomic E-state index is 0.599. The van der Waals surface area contributed by atoms with Crippen LogP contribution in [0.5, 0.6) is 0 Å². The Morgan fingerprint density at radius 1 is 1.31 bits per heavy atom. The van der Waals surface area contributed by atoms with Gasteiger partial charge in [0, 0.05) is 6.04 Å². The van der Waals surface area contributed by atoms with Gasteiger partial charge in [0.25, 0.3) is 0 Å². The van der Waals surface area contributed by atoms with Gasteiger partial charge in [0.15, 0.2) is 11.5 Å². The summed E-state index contributed by atoms with van der Waals surface area (Å²) in [6, 6.07) is 0.599. The number of anilines is 1. The summed E-state index contributed by atoms with van der Waals surface area (Å²) in [7, 11) is 0. The van der Waals surface area contributed by atoms with E-state index in [9.17, 15) is 0 Å². The predicted octanol–water partition coefficient (Wildman–Crippen LogP) is 0.927. The molecule has 2 aromatic heterocycles. The SMILES string of the molecule is c1nc(NC2CC2)c2[nH]cnc2n1. The Hall–Kier alpha value is -1.65. The zero-order valence-corrected chi connectivity index (χ0v) is 6.99. The van der Waals surface area contributed by atoms with Crippen molar-refractivity contribution >= 4 is 17.0 Å². The molecule has 1 aliphatic rings. The Bertz CT molecular complexity index is 431. The first-order valence-corrected chi connectivity index (χ1v) is 4.34. The van der Waals surface area contributed by atoms with E-state index in [0.717, 1.165) is 17.0 Å². The van der Waals surface area contributed by atoms with Crippen LogP contribution in [0, 0.1) is 0 Å². The molecule has 0 radical (unpaired) electrons. The third-order valence-corrected chi connectivity index (χ3v) is 2.14. The van der Waals surface area contributed by atoms with E-state index in [1.807, 2.05) is 0 Å². The molecule has 13 heavy (non-hydrogen) atoms. The van der Waals surface area contributed by atoms with E-state index in [1.54, 1.807) is 6.33 Å². The van der Waals surface area contributed by atoms with E-state index in [0.29, 0.717) is 6.04 Å². The second kappa shape index (κ2) is 2.42. The standard InChI is InChI=1S/C8H9N5/c1-2-5(1)13-8-6-7(10-3-9-6)11-4-12-8/h3-5H,1-2H2,(H2,9,10,11,12,13). The summed E-state index contributed by atoms with van der Waals surface area (Å²) in [6.45, 7) is 0. The first-order valence-electron chi connectivity index (χ1n) is 4.34. The average Bonchev–Trinajstić information content (AvgIpc) is 2.83. The largest absolute Gasteiger partial charge is 0.365 e. The number of hydrogen-bond acceptors (Lipinski definition) is 4. The summed E-state index contributed by atoms with van der Waals surface area (Å²) in [4.78, 5) is 15.3. The minimum Gasteiger partial charge on any atom is -0.365 e. The maximum absolute atomic E-state index is 4.17. The molecule has 1 fully saturated rings. The number of hydrogen-bond donors (Lipinski definition) is 2. The molecular weight excluding hydrogens is 166 g/mol. The summed E-state index contributed by atoms with van der Waals surface area (Å²) >= 11 is 0. The van der Waals surface area contributed by atoms with Crippen molar-refractivity contribution in [2.45, 2.75) is 18.9 Å². The second-order valence-electron chi connectivity index (χ2n) is 3.24. The normalized spacial score (nSPS) is 16.3. The van der Waals surface area contributed by atoms with Crippen LogP contribution in [0.1, 0.15) is 12.8 Å². The lowest BCUT2D eigenvalue weighted by atomic mass is 10.5. The van der Waals surface area contributed by atoms with Gasteiger partial charge in [-0.25, -0.2) is 15.0 Å². The highest BCUT2D eigenvalue weighted by Gasteiger charge is 2.22. The van der Waals surface area contributed by atoms with Crippen molar-refractivity contribution in [1.29, 1.82) is 0 Å². The van der Waals surface area contributed by atoms with Gasteiger partial charge < -0.3 is 10.3 Å². The lowest BCUT2D eigenvalue weighted by molar-refractivity contribution is 1.10. The number of nitrogens with one attached hydrogen (secondary N) is 2. The first kappa shape index (κ1) is 6.82. The first-order chi connectivity index (χ1) is 6.43. The molecule has 2 aromatic rings.